The predicted molar refractivity (Wildman–Crippen MR) is 118 cm³/mol. The number of Topliss-reactive ketones (excluding diaryl/α,β-unsaturated/α-hetero) is 3. The zero-order valence-electron chi connectivity index (χ0n) is 17.6. The van der Waals surface area contributed by atoms with Crippen LogP contribution in [0.4, 0.5) is 0 Å². The minimum absolute atomic E-state index is 0.0972. The summed E-state index contributed by atoms with van der Waals surface area (Å²) in [5.74, 6) is -0.745. The quantitative estimate of drug-likeness (QED) is 0.276. The number of amides is 2. The van der Waals surface area contributed by atoms with Crippen molar-refractivity contribution in [3.63, 3.8) is 0 Å². The van der Waals surface area contributed by atoms with Crippen molar-refractivity contribution in [3.8, 4) is 0 Å². The molecule has 32 heavy (non-hydrogen) atoms. The third kappa shape index (κ3) is 4.27. The highest BCUT2D eigenvalue weighted by molar-refractivity contribution is 7.99. The minimum Gasteiger partial charge on any atom is -0.299 e. The molecule has 2 aromatic rings. The van der Waals surface area contributed by atoms with E-state index < -0.39 is 23.6 Å². The van der Waals surface area contributed by atoms with Crippen molar-refractivity contribution >= 4 is 40.9 Å². The van der Waals surface area contributed by atoms with Gasteiger partial charge < -0.3 is 0 Å². The molecule has 7 nitrogen and oxygen atoms in total. The van der Waals surface area contributed by atoms with Crippen LogP contribution in [0.15, 0.2) is 41.4 Å². The van der Waals surface area contributed by atoms with Gasteiger partial charge in [0.15, 0.2) is 11.6 Å². The molecule has 1 aliphatic heterocycles. The summed E-state index contributed by atoms with van der Waals surface area (Å²) in [5.41, 5.74) is 1.64. The highest BCUT2D eigenvalue weighted by atomic mass is 32.2. The van der Waals surface area contributed by atoms with Crippen molar-refractivity contribution in [1.82, 2.24) is 9.88 Å². The lowest BCUT2D eigenvalue weighted by atomic mass is 9.92. The lowest BCUT2D eigenvalue weighted by Crippen LogP contribution is -2.47. The number of pyridine rings is 1. The summed E-state index contributed by atoms with van der Waals surface area (Å²) in [5, 5.41) is 0. The summed E-state index contributed by atoms with van der Waals surface area (Å²) in [7, 11) is 0. The van der Waals surface area contributed by atoms with Gasteiger partial charge in [-0.15, -0.1) is 11.8 Å². The number of benzene rings is 1. The topological polar surface area (TPSA) is 101 Å². The molecule has 1 aliphatic carbocycles. The number of ketones is 3. The van der Waals surface area contributed by atoms with E-state index in [0.29, 0.717) is 12.1 Å². The molecule has 2 aliphatic rings. The van der Waals surface area contributed by atoms with Crippen LogP contribution in [0.3, 0.4) is 0 Å². The second-order valence-corrected chi connectivity index (χ2v) is 9.17. The van der Waals surface area contributed by atoms with Crippen LogP contribution in [-0.4, -0.2) is 50.8 Å². The number of hydrogen-bond acceptors (Lipinski definition) is 7. The Hall–Kier alpha value is -3.13. The summed E-state index contributed by atoms with van der Waals surface area (Å²) in [4.78, 5) is 68.2. The van der Waals surface area contributed by atoms with Crippen molar-refractivity contribution in [2.75, 3.05) is 5.75 Å². The van der Waals surface area contributed by atoms with Crippen molar-refractivity contribution in [3.05, 3.63) is 58.9 Å². The lowest BCUT2D eigenvalue weighted by Gasteiger charge is -2.27. The zero-order chi connectivity index (χ0) is 22.8. The number of imide groups is 1. The maximum absolute atomic E-state index is 12.9. The fraction of sp³-hybridized carbons (Fsp3) is 0.333. The fourth-order valence-corrected chi connectivity index (χ4v) is 4.69. The monoisotopic (exact) mass is 450 g/mol. The number of thioether (sulfide) groups is 1. The largest absolute Gasteiger partial charge is 0.299 e. The van der Waals surface area contributed by atoms with Crippen molar-refractivity contribution in [2.45, 2.75) is 50.0 Å². The fourth-order valence-electron chi connectivity index (χ4n) is 4.06. The molecule has 2 amide bonds. The Morgan fingerprint density at radius 3 is 2.56 bits per heavy atom. The summed E-state index contributed by atoms with van der Waals surface area (Å²) in [6.07, 6.45) is 2.43. The van der Waals surface area contributed by atoms with Gasteiger partial charge in [0.05, 0.1) is 23.6 Å². The highest BCUT2D eigenvalue weighted by Gasteiger charge is 2.44. The molecule has 8 heteroatoms. The molecule has 1 aromatic carbocycles. The molecular formula is C24H22N2O5S. The van der Waals surface area contributed by atoms with E-state index in [1.54, 1.807) is 42.2 Å². The average Bonchev–Trinajstić information content (AvgIpc) is 3.03. The molecule has 1 saturated carbocycles. The molecule has 1 unspecified atom stereocenters. The van der Waals surface area contributed by atoms with Gasteiger partial charge in [0.1, 0.15) is 11.5 Å². The summed E-state index contributed by atoms with van der Waals surface area (Å²) in [6, 6.07) is 7.63. The van der Waals surface area contributed by atoms with Crippen LogP contribution in [0, 0.1) is 0 Å². The van der Waals surface area contributed by atoms with Gasteiger partial charge in [-0.25, -0.2) is 0 Å². The second-order valence-electron chi connectivity index (χ2n) is 7.83. The first-order valence-corrected chi connectivity index (χ1v) is 11.5. The number of fused-ring (bicyclic) bond motifs is 1. The molecule has 0 saturated heterocycles. The van der Waals surface area contributed by atoms with Crippen molar-refractivity contribution in [1.29, 1.82) is 0 Å². The molecule has 4 rings (SSSR count). The number of hydrogen-bond donors (Lipinski definition) is 0. The lowest BCUT2D eigenvalue weighted by molar-refractivity contribution is -0.132. The van der Waals surface area contributed by atoms with E-state index in [2.05, 4.69) is 4.98 Å². The van der Waals surface area contributed by atoms with Gasteiger partial charge in [-0.2, -0.15) is 0 Å². The van der Waals surface area contributed by atoms with E-state index in [9.17, 15) is 24.0 Å². The maximum atomic E-state index is 12.9. The second kappa shape index (κ2) is 9.16. The minimum atomic E-state index is -0.884. The number of aryl methyl sites for hydroxylation is 1. The normalized spacial score (nSPS) is 18.3. The SMILES string of the molecule is CCSc1ccc(C(=O)CCc2ccc3c(c2)C(=O)N(C2CCC(=O)CC2=O)C3=O)nc1. The number of carbonyl (C=O) groups excluding carboxylic acids is 5. The van der Waals surface area contributed by atoms with E-state index in [4.69, 9.17) is 0 Å². The maximum Gasteiger partial charge on any atom is 0.262 e. The zero-order valence-corrected chi connectivity index (χ0v) is 18.4. The summed E-state index contributed by atoms with van der Waals surface area (Å²) < 4.78 is 0. The Kier molecular flexibility index (Phi) is 6.32. The van der Waals surface area contributed by atoms with Crippen LogP contribution >= 0.6 is 11.8 Å². The molecule has 1 atom stereocenters. The third-order valence-corrected chi connectivity index (χ3v) is 6.57. The van der Waals surface area contributed by atoms with E-state index in [0.717, 1.165) is 21.1 Å². The highest BCUT2D eigenvalue weighted by Crippen LogP contribution is 2.30. The molecular weight excluding hydrogens is 428 g/mol. The molecule has 0 spiro atoms. The van der Waals surface area contributed by atoms with Crippen LogP contribution in [-0.2, 0) is 16.0 Å². The third-order valence-electron chi connectivity index (χ3n) is 5.71. The first kappa shape index (κ1) is 22.1. The average molecular weight is 451 g/mol. The van der Waals surface area contributed by atoms with Crippen LogP contribution in [0.25, 0.3) is 0 Å². The number of aromatic nitrogens is 1. The van der Waals surface area contributed by atoms with E-state index >= 15 is 0 Å². The van der Waals surface area contributed by atoms with Gasteiger partial charge in [-0.3, -0.25) is 33.9 Å². The predicted octanol–water partition coefficient (Wildman–Crippen LogP) is 3.30. The van der Waals surface area contributed by atoms with Gasteiger partial charge in [0.25, 0.3) is 11.8 Å². The Balaban J connectivity index is 1.45. The van der Waals surface area contributed by atoms with Gasteiger partial charge in [0.2, 0.25) is 0 Å². The van der Waals surface area contributed by atoms with Crippen LogP contribution in [0.1, 0.15) is 69.4 Å². The molecule has 2 heterocycles. The van der Waals surface area contributed by atoms with Crippen LogP contribution in [0.5, 0.6) is 0 Å². The van der Waals surface area contributed by atoms with Gasteiger partial charge in [-0.1, -0.05) is 13.0 Å². The molecule has 0 radical (unpaired) electrons. The van der Waals surface area contributed by atoms with E-state index in [1.807, 2.05) is 13.0 Å². The number of nitrogens with zero attached hydrogens (tertiary/aromatic N) is 2. The summed E-state index contributed by atoms with van der Waals surface area (Å²) in [6.45, 7) is 2.05. The number of carbonyl (C=O) groups is 5. The molecule has 0 N–H and O–H groups in total. The van der Waals surface area contributed by atoms with E-state index in [-0.39, 0.29) is 48.4 Å². The summed E-state index contributed by atoms with van der Waals surface area (Å²) >= 11 is 1.65. The molecule has 164 valence electrons. The van der Waals surface area contributed by atoms with Gasteiger partial charge >= 0.3 is 0 Å². The molecule has 1 fully saturated rings. The van der Waals surface area contributed by atoms with E-state index in [1.165, 1.54) is 0 Å². The Morgan fingerprint density at radius 1 is 1.09 bits per heavy atom. The first-order valence-electron chi connectivity index (χ1n) is 10.6. The molecule has 0 bridgehead atoms. The molecule has 1 aromatic heterocycles. The van der Waals surface area contributed by atoms with Crippen molar-refractivity contribution < 1.29 is 24.0 Å². The Labute approximate surface area is 189 Å². The van der Waals surface area contributed by atoms with Crippen LogP contribution in [0.2, 0.25) is 0 Å². The Bertz CT molecular complexity index is 1130. The standard InChI is InChI=1S/C24H22N2O5S/c1-2-32-16-6-8-19(25-13-16)21(28)10-4-14-3-7-17-18(11-14)24(31)26(23(17)30)20-9-5-15(27)12-22(20)29/h3,6-8,11,13,20H,2,4-5,9-10,12H2,1H3. The Morgan fingerprint density at radius 2 is 1.88 bits per heavy atom. The van der Waals surface area contributed by atoms with Gasteiger partial charge in [0, 0.05) is 23.9 Å². The van der Waals surface area contributed by atoms with Gasteiger partial charge in [-0.05, 0) is 48.4 Å². The van der Waals surface area contributed by atoms with Crippen molar-refractivity contribution in [2.24, 2.45) is 0 Å². The number of rotatable bonds is 7. The van der Waals surface area contributed by atoms with Crippen LogP contribution < -0.4 is 0 Å². The smallest absolute Gasteiger partial charge is 0.262 e. The first-order chi connectivity index (χ1) is 15.4.